The second-order valence-corrected chi connectivity index (χ2v) is 7.45. The van der Waals surface area contributed by atoms with E-state index in [1.54, 1.807) is 6.20 Å². The van der Waals surface area contributed by atoms with Crippen molar-refractivity contribution in [3.8, 4) is 5.69 Å². The van der Waals surface area contributed by atoms with Crippen LogP contribution in [0, 0.1) is 6.92 Å². The van der Waals surface area contributed by atoms with E-state index in [-0.39, 0.29) is 0 Å². The van der Waals surface area contributed by atoms with Gasteiger partial charge in [0.1, 0.15) is 5.82 Å². The highest BCUT2D eigenvalue weighted by molar-refractivity contribution is 5.78. The van der Waals surface area contributed by atoms with Crippen LogP contribution >= 0.6 is 0 Å². The van der Waals surface area contributed by atoms with Gasteiger partial charge in [-0.1, -0.05) is 18.2 Å². The predicted molar refractivity (Wildman–Crippen MR) is 112 cm³/mol. The number of aryl methyl sites for hydroxylation is 1. The van der Waals surface area contributed by atoms with E-state index in [1.165, 1.54) is 0 Å². The van der Waals surface area contributed by atoms with Gasteiger partial charge in [0.05, 0.1) is 29.3 Å². The molecular formula is C21H22N8. The molecule has 1 fully saturated rings. The van der Waals surface area contributed by atoms with Crippen LogP contribution in [0.1, 0.15) is 25.0 Å². The van der Waals surface area contributed by atoms with Crippen molar-refractivity contribution in [2.75, 3.05) is 10.6 Å². The molecule has 2 N–H and O–H groups in total. The fraction of sp³-hybridized carbons (Fsp3) is 0.286. The minimum atomic E-state index is 0.341. The van der Waals surface area contributed by atoms with Crippen molar-refractivity contribution >= 4 is 22.7 Å². The van der Waals surface area contributed by atoms with Crippen LogP contribution in [0.3, 0.4) is 0 Å². The molecule has 8 heteroatoms. The average Bonchev–Trinajstić information content (AvgIpc) is 3.37. The summed E-state index contributed by atoms with van der Waals surface area (Å²) in [4.78, 5) is 8.86. The average molecular weight is 386 g/mol. The number of fused-ring (bicyclic) bond motifs is 1. The van der Waals surface area contributed by atoms with E-state index >= 15 is 0 Å². The molecule has 0 spiro atoms. The van der Waals surface area contributed by atoms with Gasteiger partial charge in [0.2, 0.25) is 5.95 Å². The molecule has 1 saturated carbocycles. The summed E-state index contributed by atoms with van der Waals surface area (Å²) in [5.74, 6) is 1.47. The van der Waals surface area contributed by atoms with Gasteiger partial charge in [-0.05, 0) is 44.4 Å². The van der Waals surface area contributed by atoms with E-state index in [1.807, 2.05) is 54.3 Å². The Bertz CT molecular complexity index is 1070. The first-order chi connectivity index (χ1) is 14.2. The molecule has 1 aliphatic rings. The molecule has 5 rings (SSSR count). The molecule has 4 aromatic rings. The molecule has 1 aromatic carbocycles. The van der Waals surface area contributed by atoms with Crippen molar-refractivity contribution in [3.63, 3.8) is 0 Å². The van der Waals surface area contributed by atoms with Crippen LogP contribution in [0.25, 0.3) is 16.6 Å². The summed E-state index contributed by atoms with van der Waals surface area (Å²) in [6, 6.07) is 12.8. The molecule has 1 aliphatic carbocycles. The van der Waals surface area contributed by atoms with Crippen LogP contribution in [0.2, 0.25) is 0 Å². The Kier molecular flexibility index (Phi) is 4.51. The summed E-state index contributed by atoms with van der Waals surface area (Å²) in [5.41, 5.74) is 2.74. The van der Waals surface area contributed by atoms with Crippen molar-refractivity contribution in [1.29, 1.82) is 0 Å². The lowest BCUT2D eigenvalue weighted by atomic mass is 10.2. The number of hydrogen-bond acceptors (Lipinski definition) is 7. The summed E-state index contributed by atoms with van der Waals surface area (Å²) in [5, 5.41) is 20.8. The summed E-state index contributed by atoms with van der Waals surface area (Å²) in [7, 11) is 0. The predicted octanol–water partition coefficient (Wildman–Crippen LogP) is 3.36. The zero-order chi connectivity index (χ0) is 19.6. The third-order valence-corrected chi connectivity index (χ3v) is 5.22. The van der Waals surface area contributed by atoms with Gasteiger partial charge in [-0.2, -0.15) is 10.2 Å². The van der Waals surface area contributed by atoms with E-state index in [2.05, 4.69) is 42.0 Å². The highest BCUT2D eigenvalue weighted by Gasteiger charge is 2.25. The maximum atomic E-state index is 4.60. The maximum absolute atomic E-state index is 4.60. The van der Waals surface area contributed by atoms with Crippen molar-refractivity contribution in [2.24, 2.45) is 0 Å². The molecule has 0 amide bonds. The molecule has 3 heterocycles. The number of pyridine rings is 1. The van der Waals surface area contributed by atoms with Gasteiger partial charge in [-0.15, -0.1) is 5.10 Å². The molecule has 0 bridgehead atoms. The third kappa shape index (κ3) is 3.87. The number of nitrogens with zero attached hydrogens (tertiary/aromatic N) is 6. The molecule has 2 unspecified atom stereocenters. The lowest BCUT2D eigenvalue weighted by Gasteiger charge is -2.15. The molecule has 8 nitrogen and oxygen atoms in total. The Labute approximate surface area is 168 Å². The number of nitrogens with one attached hydrogen (secondary N) is 2. The Morgan fingerprint density at radius 2 is 1.79 bits per heavy atom. The molecule has 0 aliphatic heterocycles. The summed E-state index contributed by atoms with van der Waals surface area (Å²) < 4.78 is 1.87. The Morgan fingerprint density at radius 1 is 0.931 bits per heavy atom. The van der Waals surface area contributed by atoms with Gasteiger partial charge < -0.3 is 10.6 Å². The highest BCUT2D eigenvalue weighted by atomic mass is 15.3. The summed E-state index contributed by atoms with van der Waals surface area (Å²) in [6.45, 7) is 1.88. The van der Waals surface area contributed by atoms with Crippen LogP contribution in [-0.4, -0.2) is 42.0 Å². The normalized spacial score (nSPS) is 18.8. The van der Waals surface area contributed by atoms with Crippen molar-refractivity contribution in [1.82, 2.24) is 29.9 Å². The number of aromatic nitrogens is 6. The van der Waals surface area contributed by atoms with Crippen LogP contribution in [-0.2, 0) is 0 Å². The second kappa shape index (κ2) is 7.46. The highest BCUT2D eigenvalue weighted by Crippen LogP contribution is 2.25. The fourth-order valence-electron chi connectivity index (χ4n) is 3.74. The molecular weight excluding hydrogens is 364 g/mol. The zero-order valence-corrected chi connectivity index (χ0v) is 16.2. The minimum absolute atomic E-state index is 0.341. The van der Waals surface area contributed by atoms with Crippen molar-refractivity contribution in [3.05, 3.63) is 60.7 Å². The summed E-state index contributed by atoms with van der Waals surface area (Å²) in [6.07, 6.45) is 8.73. The quantitative estimate of drug-likeness (QED) is 0.543. The standard InChI is InChI=1S/C21H22N8/c1-14-11-23-21(27-26-14)25-17-7-6-16(10-17)24-20-9-8-18(12-22-20)29-13-15-4-2-3-5-19(15)28-29/h2-5,8-9,11-13,16-17H,6-7,10H2,1H3,(H,22,24)(H,23,25,27). The molecule has 2 atom stereocenters. The van der Waals surface area contributed by atoms with E-state index in [0.717, 1.165) is 47.4 Å². The number of rotatable bonds is 5. The number of anilines is 2. The monoisotopic (exact) mass is 386 g/mol. The zero-order valence-electron chi connectivity index (χ0n) is 16.2. The molecule has 0 saturated heterocycles. The van der Waals surface area contributed by atoms with Gasteiger partial charge in [-0.3, -0.25) is 0 Å². The third-order valence-electron chi connectivity index (χ3n) is 5.22. The smallest absolute Gasteiger partial charge is 0.242 e. The number of benzene rings is 1. The fourth-order valence-corrected chi connectivity index (χ4v) is 3.74. The first kappa shape index (κ1) is 17.5. The Morgan fingerprint density at radius 3 is 2.55 bits per heavy atom. The second-order valence-electron chi connectivity index (χ2n) is 7.45. The SMILES string of the molecule is Cc1cnc(NC2CCC(Nc3ccc(-n4cc5ccccc5n4)cn3)C2)nn1. The lowest BCUT2D eigenvalue weighted by molar-refractivity contribution is 0.712. The largest absolute Gasteiger partial charge is 0.367 e. The van der Waals surface area contributed by atoms with Gasteiger partial charge in [-0.25, -0.2) is 14.6 Å². The van der Waals surface area contributed by atoms with Gasteiger partial charge in [0, 0.05) is 23.7 Å². The Hall–Kier alpha value is -3.55. The lowest BCUT2D eigenvalue weighted by Crippen LogP contribution is -2.22. The minimum Gasteiger partial charge on any atom is -0.367 e. The van der Waals surface area contributed by atoms with Gasteiger partial charge >= 0.3 is 0 Å². The van der Waals surface area contributed by atoms with E-state index < -0.39 is 0 Å². The first-order valence-electron chi connectivity index (χ1n) is 9.83. The van der Waals surface area contributed by atoms with Crippen LogP contribution in [0.5, 0.6) is 0 Å². The molecule has 3 aromatic heterocycles. The maximum Gasteiger partial charge on any atom is 0.242 e. The van der Waals surface area contributed by atoms with Crippen LogP contribution in [0.4, 0.5) is 11.8 Å². The summed E-state index contributed by atoms with van der Waals surface area (Å²) >= 11 is 0. The van der Waals surface area contributed by atoms with Crippen molar-refractivity contribution < 1.29 is 0 Å². The van der Waals surface area contributed by atoms with E-state index in [4.69, 9.17) is 0 Å². The molecule has 0 radical (unpaired) electrons. The van der Waals surface area contributed by atoms with E-state index in [9.17, 15) is 0 Å². The molecule has 29 heavy (non-hydrogen) atoms. The van der Waals surface area contributed by atoms with Gasteiger partial charge in [0.25, 0.3) is 0 Å². The topological polar surface area (TPSA) is 93.4 Å². The number of hydrogen-bond donors (Lipinski definition) is 2. The van der Waals surface area contributed by atoms with Gasteiger partial charge in [0.15, 0.2) is 0 Å². The van der Waals surface area contributed by atoms with E-state index in [0.29, 0.717) is 18.0 Å². The van der Waals surface area contributed by atoms with Crippen LogP contribution < -0.4 is 10.6 Å². The first-order valence-corrected chi connectivity index (χ1v) is 9.83. The van der Waals surface area contributed by atoms with Crippen LogP contribution in [0.15, 0.2) is 55.0 Å². The Balaban J connectivity index is 1.20. The molecule has 146 valence electrons. The van der Waals surface area contributed by atoms with Crippen molar-refractivity contribution in [2.45, 2.75) is 38.3 Å².